The molecule has 1 aromatic rings. The van der Waals surface area contributed by atoms with Crippen LogP contribution in [0.15, 0.2) is 24.3 Å². The Labute approximate surface area is 120 Å². The Morgan fingerprint density at radius 2 is 2.00 bits per heavy atom. The number of nitrogens with zero attached hydrogens (tertiary/aromatic N) is 1. The van der Waals surface area contributed by atoms with Crippen LogP contribution in [0.4, 0.5) is 5.69 Å². The maximum atomic E-state index is 10.9. The summed E-state index contributed by atoms with van der Waals surface area (Å²) in [5.74, 6) is -0.0607. The fraction of sp³-hybridized carbons (Fsp3) is 0.533. The minimum absolute atomic E-state index is 0.0202. The van der Waals surface area contributed by atoms with Crippen molar-refractivity contribution < 1.29 is 4.79 Å². The maximum absolute atomic E-state index is 10.9. The molecule has 0 aliphatic carbocycles. The second-order valence-electron chi connectivity index (χ2n) is 4.89. The maximum Gasteiger partial charge on any atom is 0.221 e. The molecule has 1 aromatic carbocycles. The average molecular weight is 283 g/mol. The summed E-state index contributed by atoms with van der Waals surface area (Å²) in [5.41, 5.74) is 1.89. The van der Waals surface area contributed by atoms with E-state index in [1.54, 1.807) is 0 Å². The lowest BCUT2D eigenvalue weighted by molar-refractivity contribution is -0.114. The first kappa shape index (κ1) is 16.0. The molecule has 1 unspecified atom stereocenters. The third-order valence-electron chi connectivity index (χ3n) is 2.96. The van der Waals surface area contributed by atoms with Gasteiger partial charge >= 0.3 is 0 Å². The van der Waals surface area contributed by atoms with Gasteiger partial charge in [0.15, 0.2) is 0 Å². The van der Waals surface area contributed by atoms with Gasteiger partial charge in [0.1, 0.15) is 0 Å². The van der Waals surface area contributed by atoms with Gasteiger partial charge in [-0.05, 0) is 37.7 Å². The van der Waals surface area contributed by atoms with E-state index in [2.05, 4.69) is 24.2 Å². The predicted molar refractivity (Wildman–Crippen MR) is 81.7 cm³/mol. The van der Waals surface area contributed by atoms with Gasteiger partial charge in [-0.3, -0.25) is 4.79 Å². The SMILES string of the molecule is CCCCN(C)CC(Cl)c1ccc(NC(C)=O)cc1. The zero-order chi connectivity index (χ0) is 14.3. The summed E-state index contributed by atoms with van der Waals surface area (Å²) in [6.07, 6.45) is 2.39. The lowest BCUT2D eigenvalue weighted by atomic mass is 10.1. The van der Waals surface area contributed by atoms with E-state index in [1.165, 1.54) is 19.8 Å². The van der Waals surface area contributed by atoms with Crippen molar-refractivity contribution >= 4 is 23.2 Å². The van der Waals surface area contributed by atoms with Crippen molar-refractivity contribution in [2.24, 2.45) is 0 Å². The van der Waals surface area contributed by atoms with E-state index >= 15 is 0 Å². The van der Waals surface area contributed by atoms with Gasteiger partial charge in [0.25, 0.3) is 0 Å². The molecular formula is C15H23ClN2O. The third kappa shape index (κ3) is 6.08. The largest absolute Gasteiger partial charge is 0.326 e. The Morgan fingerprint density at radius 3 is 2.53 bits per heavy atom. The predicted octanol–water partition coefficient (Wildman–Crippen LogP) is 3.66. The Balaban J connectivity index is 2.52. The van der Waals surface area contributed by atoms with Gasteiger partial charge in [-0.2, -0.15) is 0 Å². The summed E-state index contributed by atoms with van der Waals surface area (Å²) in [6, 6.07) is 7.71. The molecule has 1 amide bonds. The number of anilines is 1. The molecular weight excluding hydrogens is 260 g/mol. The van der Waals surface area contributed by atoms with E-state index in [-0.39, 0.29) is 11.3 Å². The highest BCUT2D eigenvalue weighted by Gasteiger charge is 2.10. The van der Waals surface area contributed by atoms with Crippen LogP contribution in [-0.4, -0.2) is 30.9 Å². The van der Waals surface area contributed by atoms with E-state index in [1.807, 2.05) is 24.3 Å². The normalized spacial score (nSPS) is 12.5. The Kier molecular flexibility index (Phi) is 6.89. The van der Waals surface area contributed by atoms with Gasteiger partial charge in [0.05, 0.1) is 5.38 Å². The van der Waals surface area contributed by atoms with Crippen LogP contribution in [0.1, 0.15) is 37.6 Å². The zero-order valence-electron chi connectivity index (χ0n) is 11.9. The highest BCUT2D eigenvalue weighted by atomic mass is 35.5. The fourth-order valence-corrected chi connectivity index (χ4v) is 2.26. The minimum atomic E-state index is -0.0607. The molecule has 0 heterocycles. The van der Waals surface area contributed by atoms with Crippen LogP contribution in [0.5, 0.6) is 0 Å². The number of hydrogen-bond donors (Lipinski definition) is 1. The van der Waals surface area contributed by atoms with Crippen LogP contribution < -0.4 is 5.32 Å². The topological polar surface area (TPSA) is 32.3 Å². The second kappa shape index (κ2) is 8.18. The standard InChI is InChI=1S/C15H23ClN2O/c1-4-5-10-18(3)11-15(16)13-6-8-14(9-7-13)17-12(2)19/h6-9,15H,4-5,10-11H2,1-3H3,(H,17,19). The van der Waals surface area contributed by atoms with Crippen LogP contribution >= 0.6 is 11.6 Å². The Morgan fingerprint density at radius 1 is 1.37 bits per heavy atom. The highest BCUT2D eigenvalue weighted by molar-refractivity contribution is 6.21. The van der Waals surface area contributed by atoms with Gasteiger partial charge < -0.3 is 10.2 Å². The van der Waals surface area contributed by atoms with E-state index in [4.69, 9.17) is 11.6 Å². The molecule has 0 saturated carbocycles. The molecule has 1 atom stereocenters. The number of hydrogen-bond acceptors (Lipinski definition) is 2. The molecule has 3 nitrogen and oxygen atoms in total. The van der Waals surface area contributed by atoms with Crippen molar-refractivity contribution in [2.75, 3.05) is 25.5 Å². The van der Waals surface area contributed by atoms with E-state index in [0.29, 0.717) is 0 Å². The first-order valence-electron chi connectivity index (χ1n) is 6.73. The molecule has 1 rings (SSSR count). The number of carbonyl (C=O) groups is 1. The number of nitrogens with one attached hydrogen (secondary N) is 1. The summed E-state index contributed by atoms with van der Waals surface area (Å²) in [5, 5.41) is 2.73. The van der Waals surface area contributed by atoms with Crippen LogP contribution in [0.3, 0.4) is 0 Å². The van der Waals surface area contributed by atoms with Crippen molar-refractivity contribution in [3.63, 3.8) is 0 Å². The third-order valence-corrected chi connectivity index (χ3v) is 3.35. The molecule has 19 heavy (non-hydrogen) atoms. The molecule has 0 aromatic heterocycles. The van der Waals surface area contributed by atoms with Crippen molar-refractivity contribution in [1.29, 1.82) is 0 Å². The summed E-state index contributed by atoms with van der Waals surface area (Å²) in [6.45, 7) is 5.60. The van der Waals surface area contributed by atoms with E-state index in [0.717, 1.165) is 24.3 Å². The monoisotopic (exact) mass is 282 g/mol. The second-order valence-corrected chi connectivity index (χ2v) is 5.41. The first-order chi connectivity index (χ1) is 9.02. The molecule has 4 heteroatoms. The van der Waals surface area contributed by atoms with Crippen LogP contribution in [0.2, 0.25) is 0 Å². The quantitative estimate of drug-likeness (QED) is 0.774. The van der Waals surface area contributed by atoms with Crippen molar-refractivity contribution in [3.05, 3.63) is 29.8 Å². The summed E-state index contributed by atoms with van der Waals surface area (Å²) >= 11 is 6.41. The van der Waals surface area contributed by atoms with Gasteiger partial charge in [-0.15, -0.1) is 11.6 Å². The van der Waals surface area contributed by atoms with Crippen molar-refractivity contribution in [2.45, 2.75) is 32.1 Å². The van der Waals surface area contributed by atoms with Gasteiger partial charge in [0, 0.05) is 19.2 Å². The number of carbonyl (C=O) groups excluding carboxylic acids is 1. The van der Waals surface area contributed by atoms with E-state index in [9.17, 15) is 4.79 Å². The lowest BCUT2D eigenvalue weighted by Crippen LogP contribution is -2.23. The number of unbranched alkanes of at least 4 members (excludes halogenated alkanes) is 1. The smallest absolute Gasteiger partial charge is 0.221 e. The zero-order valence-corrected chi connectivity index (χ0v) is 12.7. The Bertz CT molecular complexity index is 392. The molecule has 0 spiro atoms. The summed E-state index contributed by atoms with van der Waals surface area (Å²) in [4.78, 5) is 13.2. The molecule has 1 N–H and O–H groups in total. The molecule has 0 saturated heterocycles. The molecule has 0 aliphatic rings. The fourth-order valence-electron chi connectivity index (χ4n) is 1.88. The van der Waals surface area contributed by atoms with Crippen LogP contribution in [0, 0.1) is 0 Å². The van der Waals surface area contributed by atoms with Gasteiger partial charge in [0.2, 0.25) is 5.91 Å². The number of halogens is 1. The summed E-state index contributed by atoms with van der Waals surface area (Å²) < 4.78 is 0. The van der Waals surface area contributed by atoms with Crippen LogP contribution in [-0.2, 0) is 4.79 Å². The molecule has 0 aliphatic heterocycles. The number of benzene rings is 1. The van der Waals surface area contributed by atoms with Gasteiger partial charge in [-0.1, -0.05) is 25.5 Å². The average Bonchev–Trinajstić information content (AvgIpc) is 2.36. The van der Waals surface area contributed by atoms with Crippen molar-refractivity contribution in [1.82, 2.24) is 4.90 Å². The number of rotatable bonds is 7. The molecule has 0 bridgehead atoms. The van der Waals surface area contributed by atoms with Gasteiger partial charge in [-0.25, -0.2) is 0 Å². The van der Waals surface area contributed by atoms with Crippen molar-refractivity contribution in [3.8, 4) is 0 Å². The first-order valence-corrected chi connectivity index (χ1v) is 7.16. The van der Waals surface area contributed by atoms with Crippen LogP contribution in [0.25, 0.3) is 0 Å². The number of alkyl halides is 1. The Hall–Kier alpha value is -1.06. The lowest BCUT2D eigenvalue weighted by Gasteiger charge is -2.20. The molecule has 0 fully saturated rings. The highest BCUT2D eigenvalue weighted by Crippen LogP contribution is 2.23. The summed E-state index contributed by atoms with van der Waals surface area (Å²) in [7, 11) is 2.09. The molecule has 0 radical (unpaired) electrons. The minimum Gasteiger partial charge on any atom is -0.326 e. The van der Waals surface area contributed by atoms with E-state index < -0.39 is 0 Å². The number of likely N-dealkylation sites (N-methyl/N-ethyl adjacent to an activating group) is 1. The molecule has 106 valence electrons. The number of amides is 1.